The summed E-state index contributed by atoms with van der Waals surface area (Å²) in [5, 5.41) is 8.06. The number of hydrogen-bond donors (Lipinski definition) is 2. The molecule has 1 atom stereocenters. The van der Waals surface area contributed by atoms with Gasteiger partial charge in [-0.1, -0.05) is 110 Å². The summed E-state index contributed by atoms with van der Waals surface area (Å²) in [6, 6.07) is 33.4. The van der Waals surface area contributed by atoms with Crippen LogP contribution in [-0.2, 0) is 9.59 Å². The second-order valence-corrected chi connectivity index (χ2v) is 9.96. The summed E-state index contributed by atoms with van der Waals surface area (Å²) in [4.78, 5) is 37.7. The number of ketones is 1. The van der Waals surface area contributed by atoms with Gasteiger partial charge in [0.2, 0.25) is 11.8 Å². The fourth-order valence-electron chi connectivity index (χ4n) is 4.96. The van der Waals surface area contributed by atoms with Gasteiger partial charge in [-0.25, -0.2) is 0 Å². The Kier molecular flexibility index (Phi) is 10.0. The largest absolute Gasteiger partial charge is 0.353 e. The van der Waals surface area contributed by atoms with Gasteiger partial charge in [-0.2, -0.15) is 0 Å². The standard InChI is InChI=1S/C34H36N2O3/c1-25(37)36-32(19-9-4-10-20-33(38)30-22-21-26-13-11-12-18-29(26)23-30)34(39)35-24-31(27-14-5-2-6-15-27)28-16-7-3-8-17-28/h2-3,5-8,11-18,21-23,31-32H,4,9-10,19-20,24H2,1H3,(H,35,39)(H,36,37). The molecule has 4 aromatic carbocycles. The van der Waals surface area contributed by atoms with Gasteiger partial charge in [0.1, 0.15) is 6.04 Å². The molecular weight excluding hydrogens is 484 g/mol. The number of Topliss-reactive ketones (excluding diaryl/α,β-unsaturated/α-hetero) is 1. The van der Waals surface area contributed by atoms with Crippen molar-refractivity contribution in [3.8, 4) is 0 Å². The molecule has 0 bridgehead atoms. The van der Waals surface area contributed by atoms with E-state index in [0.29, 0.717) is 19.4 Å². The van der Waals surface area contributed by atoms with Crippen LogP contribution in [0.3, 0.4) is 0 Å². The number of unbranched alkanes of at least 4 members (excludes halogenated alkanes) is 2. The molecule has 4 aromatic rings. The second-order valence-electron chi connectivity index (χ2n) is 9.96. The van der Waals surface area contributed by atoms with Crippen LogP contribution < -0.4 is 10.6 Å². The Morgan fingerprint density at radius 3 is 1.95 bits per heavy atom. The van der Waals surface area contributed by atoms with Crippen molar-refractivity contribution in [2.75, 3.05) is 6.54 Å². The van der Waals surface area contributed by atoms with Crippen molar-refractivity contribution < 1.29 is 14.4 Å². The Morgan fingerprint density at radius 1 is 0.692 bits per heavy atom. The van der Waals surface area contributed by atoms with E-state index >= 15 is 0 Å². The van der Waals surface area contributed by atoms with Gasteiger partial charge in [-0.3, -0.25) is 14.4 Å². The highest BCUT2D eigenvalue weighted by Crippen LogP contribution is 2.24. The summed E-state index contributed by atoms with van der Waals surface area (Å²) >= 11 is 0. The van der Waals surface area contributed by atoms with Crippen molar-refractivity contribution in [1.29, 1.82) is 0 Å². The van der Waals surface area contributed by atoms with Gasteiger partial charge in [0.25, 0.3) is 0 Å². The van der Waals surface area contributed by atoms with Gasteiger partial charge < -0.3 is 10.6 Å². The number of fused-ring (bicyclic) bond motifs is 1. The van der Waals surface area contributed by atoms with E-state index in [0.717, 1.165) is 46.7 Å². The second kappa shape index (κ2) is 14.1. The maximum Gasteiger partial charge on any atom is 0.242 e. The highest BCUT2D eigenvalue weighted by atomic mass is 16.2. The van der Waals surface area contributed by atoms with Crippen LogP contribution >= 0.6 is 0 Å². The topological polar surface area (TPSA) is 75.3 Å². The first-order valence-corrected chi connectivity index (χ1v) is 13.7. The summed E-state index contributed by atoms with van der Waals surface area (Å²) in [5.74, 6) is -0.279. The monoisotopic (exact) mass is 520 g/mol. The van der Waals surface area contributed by atoms with Crippen LogP contribution in [0.15, 0.2) is 103 Å². The molecule has 0 saturated carbocycles. The first kappa shape index (κ1) is 27.8. The summed E-state index contributed by atoms with van der Waals surface area (Å²) in [7, 11) is 0. The summed E-state index contributed by atoms with van der Waals surface area (Å²) in [6.07, 6.45) is 3.27. The molecule has 0 aliphatic carbocycles. The SMILES string of the molecule is CC(=O)NC(CCCCCC(=O)c1ccc2ccccc2c1)C(=O)NCC(c1ccccc1)c1ccccc1. The van der Waals surface area contributed by atoms with E-state index in [1.54, 1.807) is 0 Å². The lowest BCUT2D eigenvalue weighted by atomic mass is 9.91. The molecule has 0 radical (unpaired) electrons. The number of carbonyl (C=O) groups is 3. The maximum absolute atomic E-state index is 13.1. The van der Waals surface area contributed by atoms with Crippen LogP contribution in [0.2, 0.25) is 0 Å². The Hall–Kier alpha value is -4.25. The van der Waals surface area contributed by atoms with Gasteiger partial charge in [-0.05, 0) is 40.8 Å². The van der Waals surface area contributed by atoms with Crippen molar-refractivity contribution in [2.24, 2.45) is 0 Å². The minimum absolute atomic E-state index is 0.00967. The molecule has 0 aliphatic heterocycles. The molecule has 5 heteroatoms. The van der Waals surface area contributed by atoms with Gasteiger partial charge in [0, 0.05) is 31.4 Å². The molecule has 0 saturated heterocycles. The quantitative estimate of drug-likeness (QED) is 0.158. The van der Waals surface area contributed by atoms with Crippen LogP contribution in [0.5, 0.6) is 0 Å². The number of hydrogen-bond acceptors (Lipinski definition) is 3. The first-order chi connectivity index (χ1) is 19.0. The van der Waals surface area contributed by atoms with E-state index in [1.807, 2.05) is 78.9 Å². The molecule has 39 heavy (non-hydrogen) atoms. The Labute approximate surface area is 230 Å². The Bertz CT molecular complexity index is 1350. The third-order valence-corrected chi connectivity index (χ3v) is 7.05. The maximum atomic E-state index is 13.1. The lowest BCUT2D eigenvalue weighted by molar-refractivity contribution is -0.128. The van der Waals surface area contributed by atoms with Crippen molar-refractivity contribution in [3.63, 3.8) is 0 Å². The fraction of sp³-hybridized carbons (Fsp3) is 0.265. The smallest absolute Gasteiger partial charge is 0.242 e. The van der Waals surface area contributed by atoms with Crippen molar-refractivity contribution in [3.05, 3.63) is 120 Å². The van der Waals surface area contributed by atoms with Crippen LogP contribution in [-0.4, -0.2) is 30.2 Å². The van der Waals surface area contributed by atoms with Gasteiger partial charge in [0.15, 0.2) is 5.78 Å². The minimum atomic E-state index is -0.606. The highest BCUT2D eigenvalue weighted by Gasteiger charge is 2.21. The van der Waals surface area contributed by atoms with Gasteiger partial charge >= 0.3 is 0 Å². The molecule has 4 rings (SSSR count). The Balaban J connectivity index is 1.28. The fourth-order valence-corrected chi connectivity index (χ4v) is 4.96. The predicted molar refractivity (Wildman–Crippen MR) is 157 cm³/mol. The van der Waals surface area contributed by atoms with E-state index in [2.05, 4.69) is 34.9 Å². The number of carbonyl (C=O) groups excluding carboxylic acids is 3. The summed E-state index contributed by atoms with van der Waals surface area (Å²) in [6.45, 7) is 1.86. The van der Waals surface area contributed by atoms with Crippen molar-refractivity contribution in [1.82, 2.24) is 10.6 Å². The van der Waals surface area contributed by atoms with Gasteiger partial charge in [-0.15, -0.1) is 0 Å². The van der Waals surface area contributed by atoms with Crippen LogP contribution in [0.25, 0.3) is 10.8 Å². The van der Waals surface area contributed by atoms with E-state index in [9.17, 15) is 14.4 Å². The van der Waals surface area contributed by atoms with E-state index in [-0.39, 0.29) is 23.5 Å². The summed E-state index contributed by atoms with van der Waals surface area (Å²) in [5.41, 5.74) is 2.97. The average molecular weight is 521 g/mol. The van der Waals surface area contributed by atoms with E-state index in [1.165, 1.54) is 6.92 Å². The molecule has 0 aliphatic rings. The number of benzene rings is 4. The van der Waals surface area contributed by atoms with Crippen molar-refractivity contribution >= 4 is 28.4 Å². The highest BCUT2D eigenvalue weighted by molar-refractivity contribution is 5.99. The Morgan fingerprint density at radius 2 is 1.31 bits per heavy atom. The molecule has 5 nitrogen and oxygen atoms in total. The van der Waals surface area contributed by atoms with Crippen LogP contribution in [0.4, 0.5) is 0 Å². The van der Waals surface area contributed by atoms with Crippen LogP contribution in [0.1, 0.15) is 66.4 Å². The summed E-state index contributed by atoms with van der Waals surface area (Å²) < 4.78 is 0. The molecule has 0 fully saturated rings. The van der Waals surface area contributed by atoms with Crippen LogP contribution in [0, 0.1) is 0 Å². The number of amides is 2. The molecule has 0 aromatic heterocycles. The average Bonchev–Trinajstić information content (AvgIpc) is 2.97. The molecule has 1 unspecified atom stereocenters. The third-order valence-electron chi connectivity index (χ3n) is 7.05. The molecule has 0 heterocycles. The zero-order valence-corrected chi connectivity index (χ0v) is 22.4. The number of rotatable bonds is 13. The zero-order chi connectivity index (χ0) is 27.5. The van der Waals surface area contributed by atoms with Gasteiger partial charge in [0.05, 0.1) is 0 Å². The molecular formula is C34H36N2O3. The lowest BCUT2D eigenvalue weighted by Gasteiger charge is -2.22. The third kappa shape index (κ3) is 8.11. The number of nitrogens with one attached hydrogen (secondary N) is 2. The van der Waals surface area contributed by atoms with Crippen molar-refractivity contribution in [2.45, 2.75) is 51.0 Å². The lowest BCUT2D eigenvalue weighted by Crippen LogP contribution is -2.47. The first-order valence-electron chi connectivity index (χ1n) is 13.7. The zero-order valence-electron chi connectivity index (χ0n) is 22.4. The molecule has 200 valence electrons. The molecule has 2 N–H and O–H groups in total. The normalized spacial score (nSPS) is 11.7. The van der Waals surface area contributed by atoms with E-state index in [4.69, 9.17) is 0 Å². The van der Waals surface area contributed by atoms with E-state index < -0.39 is 6.04 Å². The molecule has 2 amide bonds. The predicted octanol–water partition coefficient (Wildman–Crippen LogP) is 6.43. The molecule has 0 spiro atoms. The minimum Gasteiger partial charge on any atom is -0.353 e.